The van der Waals surface area contributed by atoms with Crippen LogP contribution in [0.5, 0.6) is 0 Å². The number of hydrogen-bond acceptors (Lipinski definition) is 2. The van der Waals surface area contributed by atoms with Crippen molar-refractivity contribution in [3.63, 3.8) is 0 Å². The van der Waals surface area contributed by atoms with E-state index in [0.717, 1.165) is 11.8 Å². The summed E-state index contributed by atoms with van der Waals surface area (Å²) in [5, 5.41) is 0. The van der Waals surface area contributed by atoms with Gasteiger partial charge in [-0.15, -0.1) is 6.58 Å². The Morgan fingerprint density at radius 1 is 1.50 bits per heavy atom. The average molecular weight is 161 g/mol. The molecule has 0 unspecified atom stereocenters. The molecule has 1 aromatic carbocycles. The fourth-order valence-corrected chi connectivity index (χ4v) is 1.11. The highest BCUT2D eigenvalue weighted by molar-refractivity contribution is 5.80. The minimum atomic E-state index is 0.640. The van der Waals surface area contributed by atoms with Crippen LogP contribution in [0.1, 0.15) is 15.9 Å². The highest BCUT2D eigenvalue weighted by atomic mass is 16.1. The molecule has 62 valence electrons. The number of allylic oxidation sites excluding steroid dienone is 1. The van der Waals surface area contributed by atoms with Gasteiger partial charge in [0.15, 0.2) is 0 Å². The molecule has 0 amide bonds. The van der Waals surface area contributed by atoms with Gasteiger partial charge in [-0.05, 0) is 18.1 Å². The molecular weight excluding hydrogens is 150 g/mol. The van der Waals surface area contributed by atoms with Crippen LogP contribution in [0.4, 0.5) is 5.69 Å². The molecule has 0 atom stereocenters. The second-order valence-corrected chi connectivity index (χ2v) is 2.53. The fraction of sp³-hybridized carbons (Fsp3) is 0.100. The first-order valence-corrected chi connectivity index (χ1v) is 3.73. The minimum absolute atomic E-state index is 0.640. The molecule has 2 nitrogen and oxygen atoms in total. The highest BCUT2D eigenvalue weighted by Gasteiger charge is 2.02. The second-order valence-electron chi connectivity index (χ2n) is 2.53. The van der Waals surface area contributed by atoms with Crippen LogP contribution in [0.3, 0.4) is 0 Å². The number of hydrogen-bond donors (Lipinski definition) is 1. The van der Waals surface area contributed by atoms with Crippen LogP contribution in [-0.2, 0) is 6.42 Å². The summed E-state index contributed by atoms with van der Waals surface area (Å²) in [6.45, 7) is 3.60. The summed E-state index contributed by atoms with van der Waals surface area (Å²) in [6, 6.07) is 5.31. The number of aldehydes is 1. The number of rotatable bonds is 3. The van der Waals surface area contributed by atoms with Gasteiger partial charge in [-0.1, -0.05) is 18.2 Å². The lowest BCUT2D eigenvalue weighted by Crippen LogP contribution is -1.97. The van der Waals surface area contributed by atoms with E-state index in [2.05, 4.69) is 6.58 Å². The van der Waals surface area contributed by atoms with Crippen LogP contribution < -0.4 is 5.73 Å². The monoisotopic (exact) mass is 161 g/mol. The normalized spacial score (nSPS) is 9.33. The summed E-state index contributed by atoms with van der Waals surface area (Å²) in [7, 11) is 0. The topological polar surface area (TPSA) is 43.1 Å². The van der Waals surface area contributed by atoms with Crippen molar-refractivity contribution in [3.8, 4) is 0 Å². The summed E-state index contributed by atoms with van der Waals surface area (Å²) in [4.78, 5) is 10.6. The van der Waals surface area contributed by atoms with E-state index in [-0.39, 0.29) is 0 Å². The van der Waals surface area contributed by atoms with Gasteiger partial charge in [0.2, 0.25) is 0 Å². The zero-order chi connectivity index (χ0) is 8.97. The molecule has 0 saturated carbocycles. The van der Waals surface area contributed by atoms with Crippen molar-refractivity contribution in [2.45, 2.75) is 6.42 Å². The van der Waals surface area contributed by atoms with Crippen LogP contribution in [0.2, 0.25) is 0 Å². The van der Waals surface area contributed by atoms with Crippen LogP contribution in [-0.4, -0.2) is 6.29 Å². The van der Waals surface area contributed by atoms with E-state index in [4.69, 9.17) is 5.73 Å². The van der Waals surface area contributed by atoms with Crippen molar-refractivity contribution in [1.29, 1.82) is 0 Å². The number of nitrogen functional groups attached to an aromatic ring is 1. The Kier molecular flexibility index (Phi) is 2.64. The molecule has 1 aromatic rings. The Morgan fingerprint density at radius 3 is 2.83 bits per heavy atom. The lowest BCUT2D eigenvalue weighted by Gasteiger charge is -2.04. The number of nitrogens with two attached hydrogens (primary N) is 1. The zero-order valence-corrected chi connectivity index (χ0v) is 6.79. The highest BCUT2D eigenvalue weighted by Crippen LogP contribution is 2.16. The van der Waals surface area contributed by atoms with Crippen molar-refractivity contribution in [2.24, 2.45) is 0 Å². The van der Waals surface area contributed by atoms with Gasteiger partial charge in [-0.25, -0.2) is 0 Å². The van der Waals surface area contributed by atoms with Crippen LogP contribution in [0, 0.1) is 0 Å². The molecule has 2 N–H and O–H groups in total. The van der Waals surface area contributed by atoms with E-state index >= 15 is 0 Å². The maximum atomic E-state index is 10.6. The standard InChI is InChI=1S/C10H11NO/c1-2-4-9-8(7-12)5-3-6-10(9)11/h2-3,5-7H,1,4,11H2. The summed E-state index contributed by atoms with van der Waals surface area (Å²) in [5.41, 5.74) is 7.84. The summed E-state index contributed by atoms with van der Waals surface area (Å²) in [5.74, 6) is 0. The number of benzene rings is 1. The molecule has 0 aliphatic rings. The first-order chi connectivity index (χ1) is 5.79. The molecule has 0 saturated heterocycles. The molecule has 0 aliphatic carbocycles. The van der Waals surface area contributed by atoms with Crippen molar-refractivity contribution in [3.05, 3.63) is 42.0 Å². The van der Waals surface area contributed by atoms with E-state index in [1.54, 1.807) is 24.3 Å². The van der Waals surface area contributed by atoms with E-state index in [9.17, 15) is 4.79 Å². The molecule has 0 spiro atoms. The molecule has 1 rings (SSSR count). The van der Waals surface area contributed by atoms with Crippen molar-refractivity contribution >= 4 is 12.0 Å². The minimum Gasteiger partial charge on any atom is -0.398 e. The third-order valence-electron chi connectivity index (χ3n) is 1.72. The van der Waals surface area contributed by atoms with Gasteiger partial charge in [0.1, 0.15) is 6.29 Å². The summed E-state index contributed by atoms with van der Waals surface area (Å²) < 4.78 is 0. The predicted octanol–water partition coefficient (Wildman–Crippen LogP) is 1.81. The van der Waals surface area contributed by atoms with E-state index < -0.39 is 0 Å². The van der Waals surface area contributed by atoms with Crippen molar-refractivity contribution < 1.29 is 4.79 Å². The maximum Gasteiger partial charge on any atom is 0.150 e. The summed E-state index contributed by atoms with van der Waals surface area (Å²) >= 11 is 0. The molecule has 0 aromatic heterocycles. The number of carbonyl (C=O) groups excluding carboxylic acids is 1. The van der Waals surface area contributed by atoms with Gasteiger partial charge in [0.25, 0.3) is 0 Å². The third-order valence-corrected chi connectivity index (χ3v) is 1.72. The quantitative estimate of drug-likeness (QED) is 0.417. The molecule has 0 radical (unpaired) electrons. The molecule has 0 bridgehead atoms. The van der Waals surface area contributed by atoms with E-state index in [1.165, 1.54) is 0 Å². The Labute approximate surface area is 71.7 Å². The largest absolute Gasteiger partial charge is 0.398 e. The SMILES string of the molecule is C=CCc1c(N)cccc1C=O. The predicted molar refractivity (Wildman–Crippen MR) is 50.1 cm³/mol. The maximum absolute atomic E-state index is 10.6. The van der Waals surface area contributed by atoms with Gasteiger partial charge in [0.05, 0.1) is 0 Å². The first-order valence-electron chi connectivity index (χ1n) is 3.73. The number of carbonyl (C=O) groups is 1. The van der Waals surface area contributed by atoms with Gasteiger partial charge < -0.3 is 5.73 Å². The second kappa shape index (κ2) is 3.72. The Bertz CT molecular complexity index is 305. The van der Waals surface area contributed by atoms with Crippen LogP contribution in [0.15, 0.2) is 30.9 Å². The Balaban J connectivity index is 3.18. The van der Waals surface area contributed by atoms with Crippen molar-refractivity contribution in [1.82, 2.24) is 0 Å². The lowest BCUT2D eigenvalue weighted by atomic mass is 10.0. The van der Waals surface area contributed by atoms with Gasteiger partial charge in [0, 0.05) is 11.3 Å². The van der Waals surface area contributed by atoms with E-state index in [0.29, 0.717) is 17.7 Å². The van der Waals surface area contributed by atoms with Crippen LogP contribution >= 0.6 is 0 Å². The van der Waals surface area contributed by atoms with Gasteiger partial charge in [-0.3, -0.25) is 4.79 Å². The van der Waals surface area contributed by atoms with Crippen LogP contribution in [0.25, 0.3) is 0 Å². The smallest absolute Gasteiger partial charge is 0.150 e. The Hall–Kier alpha value is -1.57. The molecule has 2 heteroatoms. The van der Waals surface area contributed by atoms with Gasteiger partial charge in [-0.2, -0.15) is 0 Å². The fourth-order valence-electron chi connectivity index (χ4n) is 1.11. The molecule has 0 fully saturated rings. The summed E-state index contributed by atoms with van der Waals surface area (Å²) in [6.07, 6.45) is 3.19. The molecule has 12 heavy (non-hydrogen) atoms. The third kappa shape index (κ3) is 1.53. The first kappa shape index (κ1) is 8.53. The van der Waals surface area contributed by atoms with Gasteiger partial charge >= 0.3 is 0 Å². The zero-order valence-electron chi connectivity index (χ0n) is 6.79. The molecule has 0 heterocycles. The van der Waals surface area contributed by atoms with Crippen molar-refractivity contribution in [2.75, 3.05) is 5.73 Å². The average Bonchev–Trinajstić information content (AvgIpc) is 2.09. The van der Waals surface area contributed by atoms with E-state index in [1.807, 2.05) is 0 Å². The lowest BCUT2D eigenvalue weighted by molar-refractivity contribution is 0.112. The molecule has 0 aliphatic heterocycles. The Morgan fingerprint density at radius 2 is 2.25 bits per heavy atom. The molecular formula is C10H11NO. The number of anilines is 1.